The molecule has 1 saturated heterocycles. The van der Waals surface area contributed by atoms with Gasteiger partial charge in [-0.1, -0.05) is 54.2 Å². The molecule has 1 aliphatic rings. The molecule has 1 fully saturated rings. The second-order valence-corrected chi connectivity index (χ2v) is 10.3. The minimum absolute atomic E-state index is 0.0177. The van der Waals surface area contributed by atoms with Crippen LogP contribution in [0.25, 0.3) is 22.2 Å². The quantitative estimate of drug-likeness (QED) is 0.294. The maximum Gasteiger partial charge on any atom is 0.262 e. The minimum atomic E-state index is -0.479. The number of carbonyl (C=O) groups excluding carboxylic acids is 1. The number of hydrogen-bond acceptors (Lipinski definition) is 7. The van der Waals surface area contributed by atoms with Crippen LogP contribution in [0.2, 0.25) is 0 Å². The van der Waals surface area contributed by atoms with Gasteiger partial charge in [-0.25, -0.2) is 9.97 Å². The zero-order chi connectivity index (χ0) is 23.5. The van der Waals surface area contributed by atoms with Crippen LogP contribution in [0.1, 0.15) is 19.8 Å². The van der Waals surface area contributed by atoms with E-state index in [1.165, 1.54) is 23.1 Å². The van der Waals surface area contributed by atoms with Crippen LogP contribution in [0.15, 0.2) is 69.9 Å². The summed E-state index contributed by atoms with van der Waals surface area (Å²) in [7, 11) is 0. The lowest BCUT2D eigenvalue weighted by Gasteiger charge is -2.18. The third kappa shape index (κ3) is 4.91. The molecule has 1 amide bonds. The average Bonchev–Trinajstić information content (AvgIpc) is 3.54. The molecule has 2 aromatic carbocycles. The Morgan fingerprint density at radius 1 is 1.21 bits per heavy atom. The highest BCUT2D eigenvalue weighted by Gasteiger charge is 2.23. The SMILES string of the molecule is C[C@@H](Sc1nc2ccccc2c(=O)n1C[C@@H]1CCCO1)C(=O)Nc1nc(-c2ccccc2)cs1. The van der Waals surface area contributed by atoms with Gasteiger partial charge in [0.05, 0.1) is 34.5 Å². The molecule has 0 aliphatic carbocycles. The van der Waals surface area contributed by atoms with Gasteiger partial charge in [0.25, 0.3) is 5.56 Å². The summed E-state index contributed by atoms with van der Waals surface area (Å²) < 4.78 is 7.42. The summed E-state index contributed by atoms with van der Waals surface area (Å²) in [6.07, 6.45) is 1.88. The fourth-order valence-electron chi connectivity index (χ4n) is 3.88. The van der Waals surface area contributed by atoms with E-state index >= 15 is 0 Å². The summed E-state index contributed by atoms with van der Waals surface area (Å²) in [5.41, 5.74) is 2.34. The molecule has 0 spiro atoms. The molecular weight excluding hydrogens is 468 g/mol. The number of rotatable bonds is 7. The van der Waals surface area contributed by atoms with Crippen LogP contribution in [0.5, 0.6) is 0 Å². The monoisotopic (exact) mass is 492 g/mol. The first-order chi connectivity index (χ1) is 16.6. The van der Waals surface area contributed by atoms with E-state index in [1.807, 2.05) is 60.8 Å². The molecule has 0 radical (unpaired) electrons. The zero-order valence-electron chi connectivity index (χ0n) is 18.6. The predicted octanol–water partition coefficient (Wildman–Crippen LogP) is 4.82. The second kappa shape index (κ2) is 10.1. The van der Waals surface area contributed by atoms with Crippen LogP contribution in [0.3, 0.4) is 0 Å². The van der Waals surface area contributed by atoms with Gasteiger partial charge in [0.1, 0.15) is 0 Å². The number of thiazole rings is 1. The number of para-hydroxylation sites is 1. The largest absolute Gasteiger partial charge is 0.376 e. The Morgan fingerprint density at radius 3 is 2.79 bits per heavy atom. The molecule has 174 valence electrons. The second-order valence-electron chi connectivity index (χ2n) is 8.12. The van der Waals surface area contributed by atoms with Gasteiger partial charge in [-0.2, -0.15) is 0 Å². The van der Waals surface area contributed by atoms with Gasteiger partial charge in [-0.3, -0.25) is 14.2 Å². The highest BCUT2D eigenvalue weighted by molar-refractivity contribution is 8.00. The lowest BCUT2D eigenvalue weighted by atomic mass is 10.2. The van der Waals surface area contributed by atoms with E-state index in [4.69, 9.17) is 9.72 Å². The first-order valence-corrected chi connectivity index (χ1v) is 12.9. The van der Waals surface area contributed by atoms with E-state index in [9.17, 15) is 9.59 Å². The highest BCUT2D eigenvalue weighted by atomic mass is 32.2. The Balaban J connectivity index is 1.36. The Hall–Kier alpha value is -3.01. The maximum absolute atomic E-state index is 13.3. The van der Waals surface area contributed by atoms with Crippen molar-refractivity contribution in [2.45, 2.75) is 42.8 Å². The molecule has 5 rings (SSSR count). The number of ether oxygens (including phenoxy) is 1. The van der Waals surface area contributed by atoms with Crippen molar-refractivity contribution in [1.29, 1.82) is 0 Å². The van der Waals surface area contributed by atoms with E-state index in [0.29, 0.717) is 34.3 Å². The molecule has 0 bridgehead atoms. The first kappa shape index (κ1) is 22.8. The van der Waals surface area contributed by atoms with Crippen LogP contribution in [0, 0.1) is 0 Å². The smallest absolute Gasteiger partial charge is 0.262 e. The maximum atomic E-state index is 13.3. The molecule has 9 heteroatoms. The van der Waals surface area contributed by atoms with E-state index in [0.717, 1.165) is 24.1 Å². The van der Waals surface area contributed by atoms with Crippen LogP contribution in [0.4, 0.5) is 5.13 Å². The molecule has 7 nitrogen and oxygen atoms in total. The Labute approximate surface area is 205 Å². The van der Waals surface area contributed by atoms with Crippen molar-refractivity contribution in [1.82, 2.24) is 14.5 Å². The van der Waals surface area contributed by atoms with E-state index < -0.39 is 5.25 Å². The highest BCUT2D eigenvalue weighted by Crippen LogP contribution is 2.28. The van der Waals surface area contributed by atoms with E-state index in [-0.39, 0.29) is 17.6 Å². The number of anilines is 1. The van der Waals surface area contributed by atoms with Crippen molar-refractivity contribution in [2.24, 2.45) is 0 Å². The summed E-state index contributed by atoms with van der Waals surface area (Å²) in [5, 5.41) is 5.98. The molecule has 0 saturated carbocycles. The molecule has 1 aliphatic heterocycles. The molecule has 2 atom stereocenters. The van der Waals surface area contributed by atoms with Crippen LogP contribution in [-0.4, -0.2) is 38.4 Å². The van der Waals surface area contributed by atoms with Crippen LogP contribution in [-0.2, 0) is 16.1 Å². The molecule has 34 heavy (non-hydrogen) atoms. The van der Waals surface area contributed by atoms with E-state index in [2.05, 4.69) is 10.3 Å². The van der Waals surface area contributed by atoms with Crippen LogP contribution >= 0.6 is 23.1 Å². The number of benzene rings is 2. The first-order valence-electron chi connectivity index (χ1n) is 11.2. The molecule has 1 N–H and O–H groups in total. The molecule has 0 unspecified atom stereocenters. The Kier molecular flexibility index (Phi) is 6.75. The fraction of sp³-hybridized carbons (Fsp3) is 0.280. The van der Waals surface area contributed by atoms with Crippen molar-refractivity contribution in [3.05, 3.63) is 70.3 Å². The molecule has 3 heterocycles. The summed E-state index contributed by atoms with van der Waals surface area (Å²) in [5.74, 6) is -0.190. The van der Waals surface area contributed by atoms with Gasteiger partial charge >= 0.3 is 0 Å². The summed E-state index contributed by atoms with van der Waals surface area (Å²) in [6, 6.07) is 17.1. The molecule has 2 aromatic heterocycles. The third-order valence-electron chi connectivity index (χ3n) is 5.69. The number of aromatic nitrogens is 3. The summed E-state index contributed by atoms with van der Waals surface area (Å²) in [4.78, 5) is 35.5. The number of nitrogens with zero attached hydrogens (tertiary/aromatic N) is 3. The van der Waals surface area contributed by atoms with Crippen molar-refractivity contribution in [3.63, 3.8) is 0 Å². The minimum Gasteiger partial charge on any atom is -0.376 e. The number of amides is 1. The Bertz CT molecular complexity index is 1360. The summed E-state index contributed by atoms with van der Waals surface area (Å²) >= 11 is 2.66. The normalized spacial score (nSPS) is 16.6. The molecular formula is C25H24N4O3S2. The van der Waals surface area contributed by atoms with E-state index in [1.54, 1.807) is 10.6 Å². The number of hydrogen-bond donors (Lipinski definition) is 1. The topological polar surface area (TPSA) is 86.1 Å². The lowest BCUT2D eigenvalue weighted by molar-refractivity contribution is -0.115. The van der Waals surface area contributed by atoms with Gasteiger partial charge in [0.15, 0.2) is 10.3 Å². The van der Waals surface area contributed by atoms with Crippen LogP contribution < -0.4 is 10.9 Å². The van der Waals surface area contributed by atoms with Gasteiger partial charge < -0.3 is 10.1 Å². The molecule has 4 aromatic rings. The average molecular weight is 493 g/mol. The lowest BCUT2D eigenvalue weighted by Crippen LogP contribution is -2.30. The number of nitrogens with one attached hydrogen (secondary N) is 1. The van der Waals surface area contributed by atoms with Gasteiger partial charge in [0, 0.05) is 17.6 Å². The van der Waals surface area contributed by atoms with Crippen molar-refractivity contribution in [3.8, 4) is 11.3 Å². The van der Waals surface area contributed by atoms with Crippen molar-refractivity contribution >= 4 is 45.0 Å². The predicted molar refractivity (Wildman–Crippen MR) is 136 cm³/mol. The zero-order valence-corrected chi connectivity index (χ0v) is 20.3. The van der Waals surface area contributed by atoms with Gasteiger partial charge in [-0.15, -0.1) is 11.3 Å². The van der Waals surface area contributed by atoms with Crippen molar-refractivity contribution in [2.75, 3.05) is 11.9 Å². The standard InChI is InChI=1S/C25H24N4O3S2/c1-16(22(30)28-24-26-21(15-33-24)17-8-3-2-4-9-17)34-25-27-20-12-6-5-11-19(20)23(31)29(25)14-18-10-7-13-32-18/h2-6,8-9,11-12,15-16,18H,7,10,13-14H2,1H3,(H,26,28,30)/t16-,18+/m1/s1. The number of fused-ring (bicyclic) bond motifs is 1. The number of thioether (sulfide) groups is 1. The number of carbonyl (C=O) groups is 1. The van der Waals surface area contributed by atoms with Crippen molar-refractivity contribution < 1.29 is 9.53 Å². The van der Waals surface area contributed by atoms with Gasteiger partial charge in [0.2, 0.25) is 5.91 Å². The third-order valence-corrected chi connectivity index (χ3v) is 7.54. The summed E-state index contributed by atoms with van der Waals surface area (Å²) in [6.45, 7) is 2.95. The fourth-order valence-corrected chi connectivity index (χ4v) is 5.52. The Morgan fingerprint density at radius 2 is 2.00 bits per heavy atom. The van der Waals surface area contributed by atoms with Gasteiger partial charge in [-0.05, 0) is 31.9 Å².